The van der Waals surface area contributed by atoms with Crippen molar-refractivity contribution in [3.63, 3.8) is 0 Å². The Balaban J connectivity index is 1.50. The Hall–Kier alpha value is -4.17. The van der Waals surface area contributed by atoms with Gasteiger partial charge in [0, 0.05) is 48.5 Å². The number of amides is 2. The summed E-state index contributed by atoms with van der Waals surface area (Å²) in [4.78, 5) is 37.2. The van der Waals surface area contributed by atoms with E-state index in [0.717, 1.165) is 10.8 Å². The van der Waals surface area contributed by atoms with Gasteiger partial charge in [0.05, 0.1) is 16.9 Å². The lowest BCUT2D eigenvalue weighted by atomic mass is 10.0. The van der Waals surface area contributed by atoms with Gasteiger partial charge in [0.1, 0.15) is 5.02 Å². The monoisotopic (exact) mass is 487 g/mol. The Morgan fingerprint density at radius 3 is 2.46 bits per heavy atom. The summed E-state index contributed by atoms with van der Waals surface area (Å²) in [6, 6.07) is 14.8. The van der Waals surface area contributed by atoms with E-state index in [0.29, 0.717) is 42.8 Å². The molecule has 1 saturated heterocycles. The van der Waals surface area contributed by atoms with Crippen LogP contribution >= 0.6 is 11.6 Å². The molecule has 0 aliphatic carbocycles. The second kappa shape index (κ2) is 9.23. The number of carbonyl (C=O) groups excluding carboxylic acids is 2. The Bertz CT molecular complexity index is 1480. The summed E-state index contributed by atoms with van der Waals surface area (Å²) in [7, 11) is 0. The minimum Gasteiger partial charge on any atom is -0.504 e. The van der Waals surface area contributed by atoms with Crippen LogP contribution in [-0.4, -0.2) is 58.0 Å². The van der Waals surface area contributed by atoms with Gasteiger partial charge in [0.15, 0.2) is 5.75 Å². The molecule has 1 aliphatic rings. The van der Waals surface area contributed by atoms with E-state index in [1.54, 1.807) is 17.2 Å². The first-order valence-corrected chi connectivity index (χ1v) is 11.5. The minimum absolute atomic E-state index is 0.00424. The Kier molecular flexibility index (Phi) is 5.96. The van der Waals surface area contributed by atoms with Crippen LogP contribution in [0, 0.1) is 0 Å². The molecule has 176 valence electrons. The fourth-order valence-electron chi connectivity index (χ4n) is 4.35. The van der Waals surface area contributed by atoms with Crippen LogP contribution in [0.3, 0.4) is 0 Å². The van der Waals surface area contributed by atoms with Crippen molar-refractivity contribution in [3.05, 3.63) is 78.2 Å². The van der Waals surface area contributed by atoms with Gasteiger partial charge in [-0.25, -0.2) is 9.97 Å². The molecular weight excluding hydrogens is 466 g/mol. The van der Waals surface area contributed by atoms with Crippen LogP contribution in [0.15, 0.2) is 67.4 Å². The van der Waals surface area contributed by atoms with Crippen molar-refractivity contribution in [1.29, 1.82) is 0 Å². The second-order valence-corrected chi connectivity index (χ2v) is 8.53. The van der Waals surface area contributed by atoms with Crippen molar-refractivity contribution in [2.45, 2.75) is 0 Å². The summed E-state index contributed by atoms with van der Waals surface area (Å²) < 4.78 is 0. The van der Waals surface area contributed by atoms with E-state index in [2.05, 4.69) is 21.9 Å². The van der Waals surface area contributed by atoms with E-state index in [1.165, 1.54) is 6.08 Å². The fraction of sp³-hybridized carbons (Fsp3) is 0.154. The largest absolute Gasteiger partial charge is 0.504 e. The highest BCUT2D eigenvalue weighted by molar-refractivity contribution is 6.38. The van der Waals surface area contributed by atoms with Gasteiger partial charge in [0.25, 0.3) is 5.91 Å². The number of rotatable bonds is 4. The van der Waals surface area contributed by atoms with Crippen molar-refractivity contribution in [2.75, 3.05) is 36.4 Å². The molecule has 1 aromatic heterocycles. The number of aromatic hydroxyl groups is 1. The van der Waals surface area contributed by atoms with Gasteiger partial charge in [-0.2, -0.15) is 0 Å². The molecule has 4 aromatic rings. The number of aromatic nitrogens is 2. The number of fused-ring (bicyclic) bond motifs is 2. The van der Waals surface area contributed by atoms with E-state index in [4.69, 9.17) is 11.6 Å². The predicted octanol–water partition coefficient (Wildman–Crippen LogP) is 4.23. The van der Waals surface area contributed by atoms with Gasteiger partial charge in [-0.3, -0.25) is 9.59 Å². The Labute approximate surface area is 206 Å². The first kappa shape index (κ1) is 22.6. The highest BCUT2D eigenvalue weighted by atomic mass is 35.5. The molecule has 0 radical (unpaired) electrons. The van der Waals surface area contributed by atoms with Crippen LogP contribution < -0.4 is 10.2 Å². The van der Waals surface area contributed by atoms with Gasteiger partial charge < -0.3 is 20.2 Å². The van der Waals surface area contributed by atoms with Gasteiger partial charge in [-0.15, -0.1) is 0 Å². The number of benzene rings is 3. The van der Waals surface area contributed by atoms with Crippen LogP contribution in [0.2, 0.25) is 5.02 Å². The number of nitrogens with one attached hydrogen (secondary N) is 1. The first-order chi connectivity index (χ1) is 17.0. The van der Waals surface area contributed by atoms with Crippen LogP contribution in [0.25, 0.3) is 21.7 Å². The number of carbonyl (C=O) groups is 2. The molecule has 8 nitrogen and oxygen atoms in total. The van der Waals surface area contributed by atoms with Crippen molar-refractivity contribution in [3.8, 4) is 5.75 Å². The maximum Gasteiger partial charge on any atom is 0.293 e. The number of phenolic OH excluding ortho intramolecular Hbond substituents is 1. The number of para-hydroxylation sites is 1. The molecule has 9 heteroatoms. The van der Waals surface area contributed by atoms with Crippen molar-refractivity contribution in [2.24, 2.45) is 0 Å². The number of hydrogen-bond acceptors (Lipinski definition) is 6. The third-order valence-corrected chi connectivity index (χ3v) is 6.48. The zero-order chi connectivity index (χ0) is 24.5. The molecule has 3 aromatic carbocycles. The predicted molar refractivity (Wildman–Crippen MR) is 137 cm³/mol. The maximum atomic E-state index is 13.0. The lowest BCUT2D eigenvalue weighted by Gasteiger charge is -2.36. The molecule has 5 rings (SSSR count). The zero-order valence-corrected chi connectivity index (χ0v) is 19.5. The molecular formula is C26H22ClN5O3. The quantitative estimate of drug-likeness (QED) is 0.418. The van der Waals surface area contributed by atoms with Crippen LogP contribution in [0.5, 0.6) is 5.75 Å². The first-order valence-electron chi connectivity index (χ1n) is 11.1. The van der Waals surface area contributed by atoms with E-state index < -0.39 is 5.91 Å². The van der Waals surface area contributed by atoms with E-state index >= 15 is 0 Å². The third-order valence-electron chi connectivity index (χ3n) is 6.12. The third kappa shape index (κ3) is 4.13. The number of halogens is 1. The highest BCUT2D eigenvalue weighted by Gasteiger charge is 2.27. The molecule has 0 bridgehead atoms. The molecule has 2 amide bonds. The molecule has 2 N–H and O–H groups in total. The smallest absolute Gasteiger partial charge is 0.293 e. The number of piperazine rings is 1. The summed E-state index contributed by atoms with van der Waals surface area (Å²) >= 11 is 6.61. The highest BCUT2D eigenvalue weighted by Crippen LogP contribution is 2.47. The van der Waals surface area contributed by atoms with Gasteiger partial charge in [-0.1, -0.05) is 60.6 Å². The lowest BCUT2D eigenvalue weighted by molar-refractivity contribution is -0.126. The van der Waals surface area contributed by atoms with Crippen LogP contribution in [0.1, 0.15) is 10.6 Å². The SMILES string of the molecule is C=CC(=O)N1CCN(c2c(O)c(Cl)c(NC(=O)c3ncc4ccccc4n3)c3ccccc23)CC1. The zero-order valence-electron chi connectivity index (χ0n) is 18.7. The summed E-state index contributed by atoms with van der Waals surface area (Å²) in [5.74, 6) is -0.795. The van der Waals surface area contributed by atoms with Crippen LogP contribution in [0.4, 0.5) is 11.4 Å². The molecule has 2 heterocycles. The summed E-state index contributed by atoms with van der Waals surface area (Å²) in [6.45, 7) is 5.57. The Morgan fingerprint density at radius 2 is 1.71 bits per heavy atom. The molecule has 1 aliphatic heterocycles. The second-order valence-electron chi connectivity index (χ2n) is 8.15. The maximum absolute atomic E-state index is 13.0. The van der Waals surface area contributed by atoms with E-state index in [9.17, 15) is 14.7 Å². The molecule has 0 atom stereocenters. The molecule has 0 spiro atoms. The fourth-order valence-corrected chi connectivity index (χ4v) is 4.59. The number of hydrogen-bond donors (Lipinski definition) is 2. The molecule has 1 fully saturated rings. The molecule has 35 heavy (non-hydrogen) atoms. The summed E-state index contributed by atoms with van der Waals surface area (Å²) in [5, 5.41) is 16.2. The van der Waals surface area contributed by atoms with Crippen molar-refractivity contribution < 1.29 is 14.7 Å². The van der Waals surface area contributed by atoms with Crippen molar-refractivity contribution in [1.82, 2.24) is 14.9 Å². The van der Waals surface area contributed by atoms with E-state index in [-0.39, 0.29) is 28.2 Å². The number of nitrogens with zero attached hydrogens (tertiary/aromatic N) is 4. The Morgan fingerprint density at radius 1 is 1.03 bits per heavy atom. The topological polar surface area (TPSA) is 98.7 Å². The average molecular weight is 488 g/mol. The van der Waals surface area contributed by atoms with Crippen molar-refractivity contribution >= 4 is 56.5 Å². The normalized spacial score (nSPS) is 13.7. The van der Waals surface area contributed by atoms with Crippen LogP contribution in [-0.2, 0) is 4.79 Å². The molecule has 0 unspecified atom stereocenters. The van der Waals surface area contributed by atoms with E-state index in [1.807, 2.05) is 47.4 Å². The van der Waals surface area contributed by atoms with Gasteiger partial charge in [0.2, 0.25) is 11.7 Å². The number of anilines is 2. The van der Waals surface area contributed by atoms with Gasteiger partial charge in [-0.05, 0) is 12.1 Å². The molecule has 0 saturated carbocycles. The number of phenols is 1. The standard InChI is InChI=1S/C26H22ClN5O3/c1-2-20(33)31-11-13-32(14-12-31)23-18-9-5-4-8-17(18)22(21(27)24(23)34)30-26(35)25-28-15-16-7-3-6-10-19(16)29-25/h2-10,15,34H,1,11-14H2,(H,30,35). The lowest BCUT2D eigenvalue weighted by Crippen LogP contribution is -2.48. The summed E-state index contributed by atoms with van der Waals surface area (Å²) in [6.07, 6.45) is 2.89. The summed E-state index contributed by atoms with van der Waals surface area (Å²) in [5.41, 5.74) is 1.50. The average Bonchev–Trinajstić information content (AvgIpc) is 2.90. The van der Waals surface area contributed by atoms with Gasteiger partial charge >= 0.3 is 0 Å². The minimum atomic E-state index is -0.536.